The van der Waals surface area contributed by atoms with E-state index >= 15 is 0 Å². The summed E-state index contributed by atoms with van der Waals surface area (Å²) in [6.07, 6.45) is 0. The van der Waals surface area contributed by atoms with Gasteiger partial charge in [0.25, 0.3) is 5.91 Å². The molecule has 4 heteroatoms. The van der Waals surface area contributed by atoms with Crippen LogP contribution in [0.2, 0.25) is 0 Å². The standard InChI is InChI=1S/C16H21N3O/c1-12-10-15(16(20)18-9-8-17)13(2)19(12)11-14-6-4-3-5-7-14/h3-7,10H,8-9,11,17H2,1-2H3,(H,18,20). The van der Waals surface area contributed by atoms with Crippen molar-refractivity contribution in [3.05, 3.63) is 58.9 Å². The number of benzene rings is 1. The first kappa shape index (κ1) is 14.3. The molecule has 0 unspecified atom stereocenters. The molecule has 1 aromatic carbocycles. The van der Waals surface area contributed by atoms with E-state index in [0.717, 1.165) is 23.5 Å². The molecule has 0 fully saturated rings. The SMILES string of the molecule is Cc1cc(C(=O)NCCN)c(C)n1Cc1ccccc1. The summed E-state index contributed by atoms with van der Waals surface area (Å²) in [5, 5.41) is 2.82. The van der Waals surface area contributed by atoms with Gasteiger partial charge in [-0.2, -0.15) is 0 Å². The number of carbonyl (C=O) groups excluding carboxylic acids is 1. The second kappa shape index (κ2) is 6.39. The molecule has 106 valence electrons. The molecule has 0 saturated heterocycles. The fourth-order valence-electron chi connectivity index (χ4n) is 2.32. The third kappa shape index (κ3) is 3.08. The Balaban J connectivity index is 2.23. The zero-order valence-electron chi connectivity index (χ0n) is 12.0. The summed E-state index contributed by atoms with van der Waals surface area (Å²) in [6.45, 7) is 5.74. The van der Waals surface area contributed by atoms with Gasteiger partial charge in [-0.25, -0.2) is 0 Å². The minimum absolute atomic E-state index is 0.0529. The van der Waals surface area contributed by atoms with Crippen molar-refractivity contribution in [2.75, 3.05) is 13.1 Å². The normalized spacial score (nSPS) is 10.6. The van der Waals surface area contributed by atoms with Crippen molar-refractivity contribution in [1.82, 2.24) is 9.88 Å². The summed E-state index contributed by atoms with van der Waals surface area (Å²) in [6, 6.07) is 12.2. The molecule has 3 N–H and O–H groups in total. The maximum absolute atomic E-state index is 12.1. The van der Waals surface area contributed by atoms with Crippen LogP contribution in [-0.4, -0.2) is 23.6 Å². The molecular weight excluding hydrogens is 250 g/mol. The molecule has 0 spiro atoms. The Hall–Kier alpha value is -2.07. The van der Waals surface area contributed by atoms with Gasteiger partial charge in [-0.3, -0.25) is 4.79 Å². The largest absolute Gasteiger partial charge is 0.351 e. The highest BCUT2D eigenvalue weighted by Gasteiger charge is 2.15. The lowest BCUT2D eigenvalue weighted by atomic mass is 10.2. The fraction of sp³-hybridized carbons (Fsp3) is 0.312. The Morgan fingerprint density at radius 1 is 1.25 bits per heavy atom. The smallest absolute Gasteiger partial charge is 0.253 e. The summed E-state index contributed by atoms with van der Waals surface area (Å²) < 4.78 is 2.16. The topological polar surface area (TPSA) is 60.1 Å². The average Bonchev–Trinajstić information content (AvgIpc) is 2.74. The molecule has 4 nitrogen and oxygen atoms in total. The van der Waals surface area contributed by atoms with Gasteiger partial charge in [-0.1, -0.05) is 30.3 Å². The first-order valence-corrected chi connectivity index (χ1v) is 6.82. The van der Waals surface area contributed by atoms with Gasteiger partial charge in [0.15, 0.2) is 0 Å². The highest BCUT2D eigenvalue weighted by molar-refractivity contribution is 5.95. The molecule has 1 amide bonds. The maximum atomic E-state index is 12.1. The van der Waals surface area contributed by atoms with Gasteiger partial charge in [0.05, 0.1) is 5.56 Å². The van der Waals surface area contributed by atoms with Crippen molar-refractivity contribution in [2.24, 2.45) is 5.73 Å². The van der Waals surface area contributed by atoms with E-state index in [0.29, 0.717) is 13.1 Å². The predicted molar refractivity (Wildman–Crippen MR) is 80.8 cm³/mol. The van der Waals surface area contributed by atoms with E-state index in [1.807, 2.05) is 38.1 Å². The molecule has 0 radical (unpaired) electrons. The molecule has 2 aromatic rings. The van der Waals surface area contributed by atoms with E-state index < -0.39 is 0 Å². The van der Waals surface area contributed by atoms with Gasteiger partial charge in [0.2, 0.25) is 0 Å². The summed E-state index contributed by atoms with van der Waals surface area (Å²) in [5.74, 6) is -0.0529. The van der Waals surface area contributed by atoms with Gasteiger partial charge in [0.1, 0.15) is 0 Å². The highest BCUT2D eigenvalue weighted by atomic mass is 16.1. The quantitative estimate of drug-likeness (QED) is 0.871. The van der Waals surface area contributed by atoms with E-state index in [1.54, 1.807) is 0 Å². The number of nitrogens with zero attached hydrogens (tertiary/aromatic N) is 1. The molecule has 0 aliphatic rings. The number of nitrogens with one attached hydrogen (secondary N) is 1. The Labute approximate surface area is 119 Å². The van der Waals surface area contributed by atoms with Crippen LogP contribution in [0, 0.1) is 13.8 Å². The number of hydrogen-bond donors (Lipinski definition) is 2. The fourth-order valence-corrected chi connectivity index (χ4v) is 2.32. The van der Waals surface area contributed by atoms with Gasteiger partial charge in [0, 0.05) is 31.0 Å². The molecule has 0 atom stereocenters. The van der Waals surface area contributed by atoms with Crippen molar-refractivity contribution in [1.29, 1.82) is 0 Å². The van der Waals surface area contributed by atoms with Crippen LogP contribution < -0.4 is 11.1 Å². The molecule has 0 aliphatic heterocycles. The van der Waals surface area contributed by atoms with Crippen LogP contribution in [0.25, 0.3) is 0 Å². The van der Waals surface area contributed by atoms with Crippen LogP contribution in [0.4, 0.5) is 0 Å². The predicted octanol–water partition coefficient (Wildman–Crippen LogP) is 1.84. The minimum atomic E-state index is -0.0529. The van der Waals surface area contributed by atoms with E-state index in [1.165, 1.54) is 5.56 Å². The molecule has 0 aliphatic carbocycles. The monoisotopic (exact) mass is 271 g/mol. The highest BCUT2D eigenvalue weighted by Crippen LogP contribution is 2.17. The van der Waals surface area contributed by atoms with Gasteiger partial charge < -0.3 is 15.6 Å². The number of hydrogen-bond acceptors (Lipinski definition) is 2. The lowest BCUT2D eigenvalue weighted by molar-refractivity contribution is 0.0954. The molecule has 0 saturated carbocycles. The van der Waals surface area contributed by atoms with E-state index in [9.17, 15) is 4.79 Å². The second-order valence-corrected chi connectivity index (χ2v) is 4.90. The summed E-state index contributed by atoms with van der Waals surface area (Å²) in [5.41, 5.74) is 9.44. The number of amides is 1. The summed E-state index contributed by atoms with van der Waals surface area (Å²) in [4.78, 5) is 12.1. The average molecular weight is 271 g/mol. The van der Waals surface area contributed by atoms with E-state index in [2.05, 4.69) is 22.0 Å². The Bertz CT molecular complexity index is 587. The summed E-state index contributed by atoms with van der Waals surface area (Å²) >= 11 is 0. The van der Waals surface area contributed by atoms with E-state index in [-0.39, 0.29) is 5.91 Å². The first-order valence-electron chi connectivity index (χ1n) is 6.82. The molecular formula is C16H21N3O. The van der Waals surface area contributed by atoms with Crippen molar-refractivity contribution >= 4 is 5.91 Å². The van der Waals surface area contributed by atoms with Gasteiger partial charge in [-0.05, 0) is 25.5 Å². The van der Waals surface area contributed by atoms with Crippen LogP contribution in [0.5, 0.6) is 0 Å². The van der Waals surface area contributed by atoms with Crippen LogP contribution >= 0.6 is 0 Å². The molecule has 0 bridgehead atoms. The zero-order valence-corrected chi connectivity index (χ0v) is 12.0. The van der Waals surface area contributed by atoms with Crippen LogP contribution in [0.15, 0.2) is 36.4 Å². The van der Waals surface area contributed by atoms with Crippen molar-refractivity contribution in [2.45, 2.75) is 20.4 Å². The lowest BCUT2D eigenvalue weighted by Crippen LogP contribution is -2.29. The first-order chi connectivity index (χ1) is 9.63. The van der Waals surface area contributed by atoms with Crippen LogP contribution in [0.1, 0.15) is 27.3 Å². The van der Waals surface area contributed by atoms with Crippen LogP contribution in [0.3, 0.4) is 0 Å². The third-order valence-corrected chi connectivity index (χ3v) is 3.43. The van der Waals surface area contributed by atoms with Gasteiger partial charge >= 0.3 is 0 Å². The summed E-state index contributed by atoms with van der Waals surface area (Å²) in [7, 11) is 0. The zero-order chi connectivity index (χ0) is 14.5. The Morgan fingerprint density at radius 3 is 2.60 bits per heavy atom. The van der Waals surface area contributed by atoms with Crippen LogP contribution in [-0.2, 0) is 6.54 Å². The number of rotatable bonds is 5. The van der Waals surface area contributed by atoms with Crippen molar-refractivity contribution in [3.8, 4) is 0 Å². The number of aromatic nitrogens is 1. The molecule has 1 heterocycles. The Kier molecular flexibility index (Phi) is 4.58. The second-order valence-electron chi connectivity index (χ2n) is 4.90. The maximum Gasteiger partial charge on any atom is 0.253 e. The minimum Gasteiger partial charge on any atom is -0.351 e. The lowest BCUT2D eigenvalue weighted by Gasteiger charge is -2.10. The number of carbonyl (C=O) groups is 1. The van der Waals surface area contributed by atoms with Gasteiger partial charge in [-0.15, -0.1) is 0 Å². The molecule has 2 rings (SSSR count). The number of nitrogens with two attached hydrogens (primary N) is 1. The van der Waals surface area contributed by atoms with E-state index in [4.69, 9.17) is 5.73 Å². The molecule has 1 aromatic heterocycles. The van der Waals surface area contributed by atoms with Crippen molar-refractivity contribution < 1.29 is 4.79 Å². The number of aryl methyl sites for hydroxylation is 1. The third-order valence-electron chi connectivity index (χ3n) is 3.43. The van der Waals surface area contributed by atoms with Crippen molar-refractivity contribution in [3.63, 3.8) is 0 Å². The molecule has 20 heavy (non-hydrogen) atoms. The Morgan fingerprint density at radius 2 is 1.95 bits per heavy atom.